The second kappa shape index (κ2) is 9.77. The molecule has 31 heavy (non-hydrogen) atoms. The van der Waals surface area contributed by atoms with Crippen molar-refractivity contribution in [3.8, 4) is 23.2 Å². The Kier molecular flexibility index (Phi) is 6.86. The fraction of sp³-hybridized carbons (Fsp3) is 0.435. The van der Waals surface area contributed by atoms with Crippen molar-refractivity contribution < 1.29 is 9.84 Å². The number of rotatable bonds is 7. The standard InChI is InChI=1S/C23H26BrN5O2/c1-29(18-6-2-15(11-25)3-7-18)13-19(30)14-31-20-8-4-16(5-9-20)22-27-21-10-17(24)12-26-23(21)28-22/h4-5,8-10,12,15,18-19,30H,2-3,6-7,13-14H2,1H3,(H,26,27,28). The quantitative estimate of drug-likeness (QED) is 0.523. The Hall–Kier alpha value is -2.47. The molecule has 2 N–H and O–H groups in total. The highest BCUT2D eigenvalue weighted by atomic mass is 79.9. The first kappa shape index (κ1) is 21.8. The fourth-order valence-electron chi connectivity index (χ4n) is 4.09. The minimum absolute atomic E-state index is 0.193. The van der Waals surface area contributed by atoms with Crippen molar-refractivity contribution in [1.29, 1.82) is 5.26 Å². The van der Waals surface area contributed by atoms with E-state index in [-0.39, 0.29) is 12.5 Å². The zero-order valence-electron chi connectivity index (χ0n) is 17.5. The van der Waals surface area contributed by atoms with Crippen LogP contribution >= 0.6 is 15.9 Å². The molecule has 1 aliphatic rings. The first-order chi connectivity index (χ1) is 15.0. The lowest BCUT2D eigenvalue weighted by Gasteiger charge is -2.33. The van der Waals surface area contributed by atoms with Crippen LogP contribution in [0.1, 0.15) is 25.7 Å². The van der Waals surface area contributed by atoms with Gasteiger partial charge in [-0.15, -0.1) is 0 Å². The number of aliphatic hydroxyl groups excluding tert-OH is 1. The molecule has 1 unspecified atom stereocenters. The first-order valence-electron chi connectivity index (χ1n) is 10.5. The third kappa shape index (κ3) is 5.42. The lowest BCUT2D eigenvalue weighted by molar-refractivity contribution is 0.0543. The normalized spacial score (nSPS) is 20.0. The molecule has 1 aromatic carbocycles. The van der Waals surface area contributed by atoms with Crippen LogP contribution in [0, 0.1) is 17.2 Å². The van der Waals surface area contributed by atoms with Crippen molar-refractivity contribution >= 4 is 27.1 Å². The number of nitrogens with zero attached hydrogens (tertiary/aromatic N) is 4. The number of imidazole rings is 1. The fourth-order valence-corrected chi connectivity index (χ4v) is 4.41. The summed E-state index contributed by atoms with van der Waals surface area (Å²) in [5.74, 6) is 1.65. The number of nitrogens with one attached hydrogen (secondary N) is 1. The van der Waals surface area contributed by atoms with Crippen molar-refractivity contribution in [2.45, 2.75) is 37.8 Å². The van der Waals surface area contributed by atoms with Crippen LogP contribution in [0.25, 0.3) is 22.6 Å². The molecular weight excluding hydrogens is 458 g/mol. The summed E-state index contributed by atoms with van der Waals surface area (Å²) in [6.45, 7) is 0.793. The van der Waals surface area contributed by atoms with Crippen LogP contribution in [0.15, 0.2) is 41.0 Å². The molecular formula is C23H26BrN5O2. The lowest BCUT2D eigenvalue weighted by Crippen LogP contribution is -2.41. The van der Waals surface area contributed by atoms with Crippen LogP contribution in [0.4, 0.5) is 0 Å². The second-order valence-electron chi connectivity index (χ2n) is 8.17. The van der Waals surface area contributed by atoms with Gasteiger partial charge in [0.25, 0.3) is 0 Å². The number of hydrogen-bond acceptors (Lipinski definition) is 6. The highest BCUT2D eigenvalue weighted by Gasteiger charge is 2.25. The predicted octanol–water partition coefficient (Wildman–Crippen LogP) is 4.14. The van der Waals surface area contributed by atoms with Gasteiger partial charge in [0.15, 0.2) is 5.65 Å². The molecule has 0 radical (unpaired) electrons. The molecule has 0 amide bonds. The van der Waals surface area contributed by atoms with Crippen molar-refractivity contribution in [1.82, 2.24) is 19.9 Å². The van der Waals surface area contributed by atoms with Crippen molar-refractivity contribution in [2.75, 3.05) is 20.2 Å². The topological polar surface area (TPSA) is 98.1 Å². The number of aliphatic hydroxyl groups is 1. The molecule has 2 heterocycles. The van der Waals surface area contributed by atoms with Gasteiger partial charge in [0.2, 0.25) is 0 Å². The van der Waals surface area contributed by atoms with E-state index >= 15 is 0 Å². The van der Waals surface area contributed by atoms with Gasteiger partial charge >= 0.3 is 0 Å². The number of nitriles is 1. The number of H-pyrrole nitrogens is 1. The van der Waals surface area contributed by atoms with Crippen LogP contribution in [0.5, 0.6) is 5.75 Å². The monoisotopic (exact) mass is 483 g/mol. The Morgan fingerprint density at radius 3 is 2.74 bits per heavy atom. The SMILES string of the molecule is CN(CC(O)COc1ccc(-c2nc3cc(Br)cnc3[nH]2)cc1)C1CCC(C#N)CC1. The maximum absolute atomic E-state index is 10.4. The number of pyridine rings is 1. The summed E-state index contributed by atoms with van der Waals surface area (Å²) in [6, 6.07) is 12.4. The van der Waals surface area contributed by atoms with E-state index in [9.17, 15) is 5.11 Å². The van der Waals surface area contributed by atoms with E-state index in [0.29, 0.717) is 18.3 Å². The molecule has 1 atom stereocenters. The molecule has 1 fully saturated rings. The highest BCUT2D eigenvalue weighted by molar-refractivity contribution is 9.10. The second-order valence-corrected chi connectivity index (χ2v) is 9.09. The minimum Gasteiger partial charge on any atom is -0.491 e. The molecule has 0 spiro atoms. The Labute approximate surface area is 190 Å². The predicted molar refractivity (Wildman–Crippen MR) is 123 cm³/mol. The maximum atomic E-state index is 10.4. The molecule has 0 bridgehead atoms. The van der Waals surface area contributed by atoms with E-state index in [1.54, 1.807) is 6.20 Å². The summed E-state index contributed by atoms with van der Waals surface area (Å²) < 4.78 is 6.68. The molecule has 3 aromatic rings. The van der Waals surface area contributed by atoms with Gasteiger partial charge in [0, 0.05) is 34.7 Å². The third-order valence-corrected chi connectivity index (χ3v) is 6.31. The van der Waals surface area contributed by atoms with Gasteiger partial charge in [-0.1, -0.05) is 0 Å². The van der Waals surface area contributed by atoms with E-state index in [1.165, 1.54) is 0 Å². The van der Waals surface area contributed by atoms with Crippen LogP contribution in [0.3, 0.4) is 0 Å². The average Bonchev–Trinajstić information content (AvgIpc) is 3.21. The van der Waals surface area contributed by atoms with Crippen LogP contribution < -0.4 is 4.74 Å². The van der Waals surface area contributed by atoms with Gasteiger partial charge in [-0.05, 0) is 79.0 Å². The lowest BCUT2D eigenvalue weighted by atomic mass is 9.86. The van der Waals surface area contributed by atoms with E-state index in [1.807, 2.05) is 37.4 Å². The maximum Gasteiger partial charge on any atom is 0.157 e. The molecule has 4 rings (SSSR count). The largest absolute Gasteiger partial charge is 0.491 e. The Morgan fingerprint density at radius 2 is 2.03 bits per heavy atom. The number of hydrogen-bond donors (Lipinski definition) is 2. The summed E-state index contributed by atoms with van der Waals surface area (Å²) in [5.41, 5.74) is 2.49. The third-order valence-electron chi connectivity index (χ3n) is 5.87. The first-order valence-corrected chi connectivity index (χ1v) is 11.3. The summed E-state index contributed by atoms with van der Waals surface area (Å²) >= 11 is 3.41. The van der Waals surface area contributed by atoms with Crippen molar-refractivity contribution in [2.24, 2.45) is 5.92 Å². The number of likely N-dealkylation sites (N-methyl/N-ethyl adjacent to an activating group) is 1. The van der Waals surface area contributed by atoms with Crippen LogP contribution in [0.2, 0.25) is 0 Å². The molecule has 8 heteroatoms. The van der Waals surface area contributed by atoms with E-state index in [4.69, 9.17) is 10.00 Å². The molecule has 7 nitrogen and oxygen atoms in total. The molecule has 162 valence electrons. The van der Waals surface area contributed by atoms with Crippen molar-refractivity contribution in [3.63, 3.8) is 0 Å². The number of fused-ring (bicyclic) bond motifs is 1. The molecule has 1 aliphatic carbocycles. The van der Waals surface area contributed by atoms with E-state index in [2.05, 4.69) is 41.9 Å². The smallest absolute Gasteiger partial charge is 0.157 e. The Morgan fingerprint density at radius 1 is 1.29 bits per heavy atom. The van der Waals surface area contributed by atoms with Crippen LogP contribution in [-0.2, 0) is 0 Å². The zero-order chi connectivity index (χ0) is 21.8. The summed E-state index contributed by atoms with van der Waals surface area (Å²) in [6.07, 6.45) is 5.09. The number of aromatic amines is 1. The minimum atomic E-state index is -0.571. The van der Waals surface area contributed by atoms with E-state index < -0.39 is 6.10 Å². The molecule has 2 aromatic heterocycles. The number of benzene rings is 1. The summed E-state index contributed by atoms with van der Waals surface area (Å²) in [4.78, 5) is 14.3. The molecule has 0 saturated heterocycles. The number of aromatic nitrogens is 3. The summed E-state index contributed by atoms with van der Waals surface area (Å²) in [5, 5.41) is 19.4. The highest BCUT2D eigenvalue weighted by Crippen LogP contribution is 2.27. The van der Waals surface area contributed by atoms with Gasteiger partial charge in [-0.3, -0.25) is 0 Å². The van der Waals surface area contributed by atoms with Gasteiger partial charge in [-0.2, -0.15) is 5.26 Å². The van der Waals surface area contributed by atoms with Crippen LogP contribution in [-0.4, -0.2) is 57.3 Å². The van der Waals surface area contributed by atoms with Gasteiger partial charge in [-0.25, -0.2) is 9.97 Å². The van der Waals surface area contributed by atoms with Crippen molar-refractivity contribution in [3.05, 3.63) is 41.0 Å². The number of halogens is 1. The average molecular weight is 484 g/mol. The van der Waals surface area contributed by atoms with Gasteiger partial charge in [0.05, 0.1) is 6.07 Å². The Bertz CT molecular complexity index is 1050. The Balaban J connectivity index is 1.28. The van der Waals surface area contributed by atoms with Gasteiger partial charge in [0.1, 0.15) is 29.8 Å². The van der Waals surface area contributed by atoms with Gasteiger partial charge < -0.3 is 19.7 Å². The zero-order valence-corrected chi connectivity index (χ0v) is 19.0. The summed E-state index contributed by atoms with van der Waals surface area (Å²) in [7, 11) is 2.04. The molecule has 0 aliphatic heterocycles. The van der Waals surface area contributed by atoms with E-state index in [0.717, 1.165) is 52.7 Å². The number of ether oxygens (including phenoxy) is 1. The molecule has 1 saturated carbocycles.